The van der Waals surface area contributed by atoms with E-state index in [0.29, 0.717) is 22.4 Å². The Hall–Kier alpha value is -2.51. The number of anilines is 1. The van der Waals surface area contributed by atoms with Crippen molar-refractivity contribution in [3.05, 3.63) is 58.3 Å². The van der Waals surface area contributed by atoms with Gasteiger partial charge in [-0.1, -0.05) is 23.7 Å². The largest absolute Gasteiger partial charge is 0.347 e. The van der Waals surface area contributed by atoms with Crippen molar-refractivity contribution >= 4 is 34.8 Å². The van der Waals surface area contributed by atoms with E-state index in [0.717, 1.165) is 35.7 Å². The van der Waals surface area contributed by atoms with Gasteiger partial charge < -0.3 is 10.2 Å². The number of halogens is 1. The number of nitrogens with zero attached hydrogens (tertiary/aromatic N) is 4. The van der Waals surface area contributed by atoms with E-state index in [1.54, 1.807) is 18.5 Å². The number of hydrogen-bond donors (Lipinski definition) is 1. The molecule has 3 heterocycles. The van der Waals surface area contributed by atoms with Crippen LogP contribution in [0.15, 0.2) is 42.7 Å². The molecule has 0 radical (unpaired) electrons. The smallest absolute Gasteiger partial charge is 0.263 e. The van der Waals surface area contributed by atoms with Crippen LogP contribution in [0.3, 0.4) is 0 Å². The highest BCUT2D eigenvalue weighted by Crippen LogP contribution is 2.29. The molecular formula is C20H20ClN5OS. The van der Waals surface area contributed by atoms with Crippen LogP contribution in [0.4, 0.5) is 5.95 Å². The number of nitrogens with one attached hydrogen (secondary N) is 1. The lowest BCUT2D eigenvalue weighted by atomic mass is 10.1. The lowest BCUT2D eigenvalue weighted by molar-refractivity contribution is 0.0936. The van der Waals surface area contributed by atoms with Crippen LogP contribution in [0.25, 0.3) is 10.6 Å². The lowest BCUT2D eigenvalue weighted by Crippen LogP contribution is -2.48. The molecule has 0 spiro atoms. The zero-order chi connectivity index (χ0) is 19.5. The predicted molar refractivity (Wildman–Crippen MR) is 112 cm³/mol. The predicted octanol–water partition coefficient (Wildman–Crippen LogP) is 3.96. The number of aryl methyl sites for hydroxylation is 1. The molecule has 6 nitrogen and oxygen atoms in total. The number of amides is 1. The number of thiazole rings is 1. The van der Waals surface area contributed by atoms with E-state index < -0.39 is 0 Å². The Kier molecular flexibility index (Phi) is 5.54. The first-order valence-corrected chi connectivity index (χ1v) is 10.4. The summed E-state index contributed by atoms with van der Waals surface area (Å²) in [6.45, 7) is 3.47. The Balaban J connectivity index is 1.46. The molecule has 1 saturated heterocycles. The Morgan fingerprint density at radius 3 is 2.89 bits per heavy atom. The Bertz CT molecular complexity index is 978. The molecule has 4 rings (SSSR count). The molecule has 1 aliphatic heterocycles. The highest BCUT2D eigenvalue weighted by Gasteiger charge is 2.25. The van der Waals surface area contributed by atoms with Crippen LogP contribution in [0.1, 0.15) is 28.2 Å². The van der Waals surface area contributed by atoms with Crippen molar-refractivity contribution in [1.29, 1.82) is 0 Å². The number of hydrogen-bond acceptors (Lipinski definition) is 6. The third kappa shape index (κ3) is 4.15. The number of piperidine rings is 1. The van der Waals surface area contributed by atoms with Crippen LogP contribution >= 0.6 is 22.9 Å². The van der Waals surface area contributed by atoms with Crippen molar-refractivity contribution in [2.24, 2.45) is 0 Å². The Morgan fingerprint density at radius 2 is 2.11 bits per heavy atom. The average Bonchev–Trinajstić information content (AvgIpc) is 3.11. The summed E-state index contributed by atoms with van der Waals surface area (Å²) in [5.41, 5.74) is 1.65. The van der Waals surface area contributed by atoms with Gasteiger partial charge in [-0.3, -0.25) is 4.79 Å². The molecule has 0 unspecified atom stereocenters. The standard InChI is InChI=1S/C20H20ClN5OS/c1-13-17(28-19(24-13)14-5-2-6-15(21)11-14)18(27)25-16-7-3-10-26(12-16)20-22-8-4-9-23-20/h2,4-6,8-9,11,16H,3,7,10,12H2,1H3,(H,25,27)/t16-/m0/s1. The third-order valence-electron chi connectivity index (χ3n) is 4.67. The summed E-state index contributed by atoms with van der Waals surface area (Å²) in [6.07, 6.45) is 5.40. The average molecular weight is 414 g/mol. The second-order valence-electron chi connectivity index (χ2n) is 6.75. The second kappa shape index (κ2) is 8.24. The maximum Gasteiger partial charge on any atom is 0.263 e. The maximum atomic E-state index is 12.9. The molecule has 0 saturated carbocycles. The van der Waals surface area contributed by atoms with E-state index in [1.165, 1.54) is 11.3 Å². The summed E-state index contributed by atoms with van der Waals surface area (Å²) in [5, 5.41) is 4.61. The fraction of sp³-hybridized carbons (Fsp3) is 0.300. The van der Waals surface area contributed by atoms with E-state index in [-0.39, 0.29) is 11.9 Å². The van der Waals surface area contributed by atoms with Crippen molar-refractivity contribution in [2.45, 2.75) is 25.8 Å². The monoisotopic (exact) mass is 413 g/mol. The van der Waals surface area contributed by atoms with Crippen molar-refractivity contribution in [1.82, 2.24) is 20.3 Å². The molecule has 1 aliphatic rings. The first-order valence-electron chi connectivity index (χ1n) is 9.16. The first kappa shape index (κ1) is 18.8. The van der Waals surface area contributed by atoms with Crippen molar-refractivity contribution in [2.75, 3.05) is 18.0 Å². The molecule has 0 bridgehead atoms. The van der Waals surface area contributed by atoms with Crippen molar-refractivity contribution < 1.29 is 4.79 Å². The van der Waals surface area contributed by atoms with E-state index >= 15 is 0 Å². The number of carbonyl (C=O) groups is 1. The Labute approximate surface area is 172 Å². The molecule has 1 amide bonds. The molecule has 1 aromatic carbocycles. The van der Waals surface area contributed by atoms with Gasteiger partial charge >= 0.3 is 0 Å². The molecular weight excluding hydrogens is 394 g/mol. The zero-order valence-corrected chi connectivity index (χ0v) is 17.0. The van der Waals surface area contributed by atoms with Gasteiger partial charge in [0.15, 0.2) is 0 Å². The highest BCUT2D eigenvalue weighted by atomic mass is 35.5. The van der Waals surface area contributed by atoms with Gasteiger partial charge in [-0.05, 0) is 38.0 Å². The summed E-state index contributed by atoms with van der Waals surface area (Å²) >= 11 is 7.47. The van der Waals surface area contributed by atoms with Gasteiger partial charge in [0.2, 0.25) is 5.95 Å². The zero-order valence-electron chi connectivity index (χ0n) is 15.4. The first-order chi connectivity index (χ1) is 13.6. The van der Waals surface area contributed by atoms with Gasteiger partial charge in [0, 0.05) is 42.1 Å². The van der Waals surface area contributed by atoms with E-state index in [9.17, 15) is 4.79 Å². The number of rotatable bonds is 4. The number of benzene rings is 1. The van der Waals surface area contributed by atoms with Crippen LogP contribution in [-0.2, 0) is 0 Å². The van der Waals surface area contributed by atoms with Crippen LogP contribution in [0.5, 0.6) is 0 Å². The van der Waals surface area contributed by atoms with Crippen LogP contribution in [0.2, 0.25) is 5.02 Å². The quantitative estimate of drug-likeness (QED) is 0.700. The lowest BCUT2D eigenvalue weighted by Gasteiger charge is -2.33. The third-order valence-corrected chi connectivity index (χ3v) is 6.11. The summed E-state index contributed by atoms with van der Waals surface area (Å²) < 4.78 is 0. The molecule has 144 valence electrons. The molecule has 8 heteroatoms. The minimum Gasteiger partial charge on any atom is -0.347 e. The maximum absolute atomic E-state index is 12.9. The summed E-state index contributed by atoms with van der Waals surface area (Å²) in [4.78, 5) is 28.8. The fourth-order valence-corrected chi connectivity index (χ4v) is 4.49. The summed E-state index contributed by atoms with van der Waals surface area (Å²) in [7, 11) is 0. The van der Waals surface area contributed by atoms with Gasteiger partial charge in [-0.25, -0.2) is 15.0 Å². The van der Waals surface area contributed by atoms with Crippen LogP contribution < -0.4 is 10.2 Å². The second-order valence-corrected chi connectivity index (χ2v) is 8.19. The Morgan fingerprint density at radius 1 is 1.29 bits per heavy atom. The van der Waals surface area contributed by atoms with Gasteiger partial charge in [0.25, 0.3) is 5.91 Å². The molecule has 3 aromatic rings. The molecule has 1 N–H and O–H groups in total. The van der Waals surface area contributed by atoms with E-state index in [1.807, 2.05) is 31.2 Å². The van der Waals surface area contributed by atoms with Gasteiger partial charge in [0.1, 0.15) is 9.88 Å². The van der Waals surface area contributed by atoms with Crippen LogP contribution in [-0.4, -0.2) is 40.0 Å². The molecule has 2 aromatic heterocycles. The van der Waals surface area contributed by atoms with Gasteiger partial charge in [0.05, 0.1) is 5.69 Å². The fourth-order valence-electron chi connectivity index (χ4n) is 3.33. The molecule has 28 heavy (non-hydrogen) atoms. The van der Waals surface area contributed by atoms with E-state index in [4.69, 9.17) is 11.6 Å². The topological polar surface area (TPSA) is 71.0 Å². The number of aromatic nitrogens is 3. The minimum atomic E-state index is -0.0795. The summed E-state index contributed by atoms with van der Waals surface area (Å²) in [6, 6.07) is 9.38. The van der Waals surface area contributed by atoms with Crippen molar-refractivity contribution in [3.63, 3.8) is 0 Å². The van der Waals surface area contributed by atoms with Crippen LogP contribution in [0, 0.1) is 6.92 Å². The normalized spacial score (nSPS) is 16.8. The summed E-state index contributed by atoms with van der Waals surface area (Å²) in [5.74, 6) is 0.628. The SMILES string of the molecule is Cc1nc(-c2cccc(Cl)c2)sc1C(=O)N[C@H]1CCCN(c2ncccn2)C1. The highest BCUT2D eigenvalue weighted by molar-refractivity contribution is 7.17. The van der Waals surface area contributed by atoms with E-state index in [2.05, 4.69) is 25.2 Å². The van der Waals surface area contributed by atoms with Gasteiger partial charge in [-0.15, -0.1) is 11.3 Å². The van der Waals surface area contributed by atoms with Gasteiger partial charge in [-0.2, -0.15) is 0 Å². The molecule has 1 atom stereocenters. The molecule has 0 aliphatic carbocycles. The number of carbonyl (C=O) groups excluding carboxylic acids is 1. The minimum absolute atomic E-state index is 0.0566. The molecule has 1 fully saturated rings. The van der Waals surface area contributed by atoms with Crippen molar-refractivity contribution in [3.8, 4) is 10.6 Å².